The van der Waals surface area contributed by atoms with Crippen molar-refractivity contribution in [3.05, 3.63) is 12.2 Å². The lowest BCUT2D eigenvalue weighted by Crippen LogP contribution is -2.25. The highest BCUT2D eigenvalue weighted by atomic mass is 15.3. The zero-order valence-electron chi connectivity index (χ0n) is 10.2. The van der Waals surface area contributed by atoms with Gasteiger partial charge in [-0.05, 0) is 39.4 Å². The fraction of sp³-hybridized carbons (Fsp3) is 0.818. The molecule has 1 N–H and O–H groups in total. The van der Waals surface area contributed by atoms with Crippen LogP contribution in [0.15, 0.2) is 6.33 Å². The zero-order chi connectivity index (χ0) is 11.4. The quantitative estimate of drug-likeness (QED) is 0.782. The summed E-state index contributed by atoms with van der Waals surface area (Å²) in [6.45, 7) is 7.50. The number of nitrogens with zero attached hydrogens (tertiary/aromatic N) is 4. The molecule has 0 aliphatic carbocycles. The van der Waals surface area contributed by atoms with Crippen LogP contribution in [0.5, 0.6) is 0 Å². The fourth-order valence-electron chi connectivity index (χ4n) is 2.38. The van der Waals surface area contributed by atoms with E-state index < -0.39 is 0 Å². The van der Waals surface area contributed by atoms with Crippen molar-refractivity contribution in [3.63, 3.8) is 0 Å². The third kappa shape index (κ3) is 2.59. The second-order valence-corrected chi connectivity index (χ2v) is 4.48. The van der Waals surface area contributed by atoms with E-state index in [1.54, 1.807) is 0 Å². The van der Waals surface area contributed by atoms with E-state index in [-0.39, 0.29) is 0 Å². The van der Waals surface area contributed by atoms with Gasteiger partial charge >= 0.3 is 0 Å². The second kappa shape index (κ2) is 5.41. The first-order chi connectivity index (χ1) is 7.83. The summed E-state index contributed by atoms with van der Waals surface area (Å²) in [4.78, 5) is 2.47. The third-order valence-electron chi connectivity index (χ3n) is 3.26. The van der Waals surface area contributed by atoms with Crippen LogP contribution in [-0.4, -0.2) is 46.3 Å². The summed E-state index contributed by atoms with van der Waals surface area (Å²) in [6.07, 6.45) is 3.11. The Morgan fingerprint density at radius 2 is 2.44 bits per heavy atom. The predicted octanol–water partition coefficient (Wildman–Crippen LogP) is 0.339. The molecule has 0 saturated carbocycles. The number of nitrogens with one attached hydrogen (secondary N) is 1. The van der Waals surface area contributed by atoms with Gasteiger partial charge in [0.25, 0.3) is 0 Å². The maximum Gasteiger partial charge on any atom is 0.146 e. The van der Waals surface area contributed by atoms with Crippen LogP contribution in [0, 0.1) is 5.92 Å². The molecular formula is C11H21N5. The summed E-state index contributed by atoms with van der Waals surface area (Å²) >= 11 is 0. The molecule has 1 fully saturated rings. The van der Waals surface area contributed by atoms with E-state index in [0.29, 0.717) is 0 Å². The molecule has 2 heterocycles. The minimum absolute atomic E-state index is 0.794. The molecule has 0 bridgehead atoms. The van der Waals surface area contributed by atoms with Crippen molar-refractivity contribution >= 4 is 0 Å². The highest BCUT2D eigenvalue weighted by molar-refractivity contribution is 4.88. The summed E-state index contributed by atoms with van der Waals surface area (Å²) in [5.41, 5.74) is 0. The highest BCUT2D eigenvalue weighted by Gasteiger charge is 2.22. The average molecular weight is 223 g/mol. The van der Waals surface area contributed by atoms with Crippen molar-refractivity contribution in [3.8, 4) is 0 Å². The Bertz CT molecular complexity index is 322. The first-order valence-corrected chi connectivity index (χ1v) is 6.07. The Morgan fingerprint density at radius 3 is 3.19 bits per heavy atom. The predicted molar refractivity (Wildman–Crippen MR) is 63.0 cm³/mol. The van der Waals surface area contributed by atoms with Crippen LogP contribution in [0.4, 0.5) is 0 Å². The van der Waals surface area contributed by atoms with Gasteiger partial charge in [0.05, 0.1) is 6.54 Å². The molecule has 1 aliphatic rings. The van der Waals surface area contributed by atoms with Gasteiger partial charge in [0.2, 0.25) is 0 Å². The number of hydrogen-bond acceptors (Lipinski definition) is 4. The van der Waals surface area contributed by atoms with Gasteiger partial charge in [-0.15, -0.1) is 10.2 Å². The molecule has 1 atom stereocenters. The Morgan fingerprint density at radius 1 is 1.56 bits per heavy atom. The molecule has 90 valence electrons. The Hall–Kier alpha value is -0.940. The van der Waals surface area contributed by atoms with Crippen LogP contribution in [-0.2, 0) is 13.1 Å². The molecule has 1 aromatic rings. The van der Waals surface area contributed by atoms with Gasteiger partial charge in [0.15, 0.2) is 0 Å². The molecule has 5 nitrogen and oxygen atoms in total. The topological polar surface area (TPSA) is 46.0 Å². The molecule has 16 heavy (non-hydrogen) atoms. The maximum atomic E-state index is 4.18. The van der Waals surface area contributed by atoms with Crippen LogP contribution < -0.4 is 5.32 Å². The number of likely N-dealkylation sites (tertiary alicyclic amines) is 1. The van der Waals surface area contributed by atoms with E-state index in [1.807, 2.05) is 13.4 Å². The van der Waals surface area contributed by atoms with Crippen molar-refractivity contribution in [1.29, 1.82) is 0 Å². The maximum absolute atomic E-state index is 4.18. The van der Waals surface area contributed by atoms with E-state index in [1.165, 1.54) is 19.5 Å². The lowest BCUT2D eigenvalue weighted by molar-refractivity contribution is 0.302. The summed E-state index contributed by atoms with van der Waals surface area (Å²) < 4.78 is 2.12. The molecule has 0 amide bonds. The molecule has 1 aliphatic heterocycles. The smallest absolute Gasteiger partial charge is 0.146 e. The summed E-state index contributed by atoms with van der Waals surface area (Å²) in [5, 5.41) is 11.4. The Balaban J connectivity index is 1.87. The average Bonchev–Trinajstić information content (AvgIpc) is 2.89. The van der Waals surface area contributed by atoms with Gasteiger partial charge < -0.3 is 9.88 Å². The van der Waals surface area contributed by atoms with E-state index in [2.05, 4.69) is 31.9 Å². The van der Waals surface area contributed by atoms with Crippen molar-refractivity contribution in [1.82, 2.24) is 25.0 Å². The van der Waals surface area contributed by atoms with Gasteiger partial charge in [-0.1, -0.05) is 0 Å². The third-order valence-corrected chi connectivity index (χ3v) is 3.26. The van der Waals surface area contributed by atoms with Crippen LogP contribution in [0.25, 0.3) is 0 Å². The Labute approximate surface area is 96.8 Å². The molecule has 0 radical (unpaired) electrons. The molecule has 0 aromatic carbocycles. The van der Waals surface area contributed by atoms with Crippen molar-refractivity contribution in [2.75, 3.05) is 26.7 Å². The standard InChI is InChI=1S/C11H21N5/c1-3-16-9-13-14-11(16)8-15-5-4-10(7-15)6-12-2/h9-10,12H,3-8H2,1-2H3. The van der Waals surface area contributed by atoms with Crippen LogP contribution in [0.2, 0.25) is 0 Å². The molecule has 1 aromatic heterocycles. The van der Waals surface area contributed by atoms with Gasteiger partial charge in [-0.25, -0.2) is 0 Å². The molecular weight excluding hydrogens is 202 g/mol. The largest absolute Gasteiger partial charge is 0.319 e. The number of aryl methyl sites for hydroxylation is 1. The van der Waals surface area contributed by atoms with Crippen molar-refractivity contribution in [2.45, 2.75) is 26.4 Å². The lowest BCUT2D eigenvalue weighted by atomic mass is 10.1. The van der Waals surface area contributed by atoms with Gasteiger partial charge in [-0.3, -0.25) is 4.90 Å². The van der Waals surface area contributed by atoms with Crippen LogP contribution in [0.1, 0.15) is 19.2 Å². The van der Waals surface area contributed by atoms with E-state index in [9.17, 15) is 0 Å². The number of hydrogen-bond donors (Lipinski definition) is 1. The lowest BCUT2D eigenvalue weighted by Gasteiger charge is -2.15. The SMILES string of the molecule is CCn1cnnc1CN1CCC(CNC)C1. The molecule has 1 saturated heterocycles. The first kappa shape index (κ1) is 11.5. The van der Waals surface area contributed by atoms with Crippen LogP contribution >= 0.6 is 0 Å². The van der Waals surface area contributed by atoms with Crippen molar-refractivity contribution in [2.24, 2.45) is 5.92 Å². The zero-order valence-corrected chi connectivity index (χ0v) is 10.2. The minimum atomic E-state index is 0.794. The van der Waals surface area contributed by atoms with E-state index in [0.717, 1.165) is 31.4 Å². The molecule has 5 heteroatoms. The summed E-state index contributed by atoms with van der Waals surface area (Å²) in [5.74, 6) is 1.88. The van der Waals surface area contributed by atoms with E-state index in [4.69, 9.17) is 0 Å². The first-order valence-electron chi connectivity index (χ1n) is 6.07. The monoisotopic (exact) mass is 223 g/mol. The number of aromatic nitrogens is 3. The van der Waals surface area contributed by atoms with Crippen LogP contribution in [0.3, 0.4) is 0 Å². The highest BCUT2D eigenvalue weighted by Crippen LogP contribution is 2.17. The molecule has 1 unspecified atom stereocenters. The second-order valence-electron chi connectivity index (χ2n) is 4.48. The van der Waals surface area contributed by atoms with Gasteiger partial charge in [-0.2, -0.15) is 0 Å². The Kier molecular flexibility index (Phi) is 3.90. The fourth-order valence-corrected chi connectivity index (χ4v) is 2.38. The summed E-state index contributed by atoms with van der Waals surface area (Å²) in [7, 11) is 2.02. The van der Waals surface area contributed by atoms with Gasteiger partial charge in [0, 0.05) is 13.1 Å². The normalized spacial score (nSPS) is 21.8. The molecule has 2 rings (SSSR count). The minimum Gasteiger partial charge on any atom is -0.319 e. The van der Waals surface area contributed by atoms with Gasteiger partial charge in [0.1, 0.15) is 12.2 Å². The summed E-state index contributed by atoms with van der Waals surface area (Å²) in [6, 6.07) is 0. The number of rotatable bonds is 5. The van der Waals surface area contributed by atoms with Crippen molar-refractivity contribution < 1.29 is 0 Å². The van der Waals surface area contributed by atoms with E-state index >= 15 is 0 Å². The molecule has 0 spiro atoms.